The van der Waals surface area contributed by atoms with Crippen molar-refractivity contribution in [3.05, 3.63) is 35.8 Å². The Bertz CT molecular complexity index is 903. The van der Waals surface area contributed by atoms with Crippen LogP contribution in [0.3, 0.4) is 0 Å². The van der Waals surface area contributed by atoms with Gasteiger partial charge in [0.25, 0.3) is 10.0 Å². The highest BCUT2D eigenvalue weighted by molar-refractivity contribution is 7.93. The zero-order chi connectivity index (χ0) is 19.4. The van der Waals surface area contributed by atoms with Crippen molar-refractivity contribution in [1.82, 2.24) is 9.88 Å². The maximum atomic E-state index is 12.4. The number of nitrogens with zero attached hydrogens (tertiary/aromatic N) is 2. The van der Waals surface area contributed by atoms with E-state index in [4.69, 9.17) is 0 Å². The molecule has 0 bridgehead atoms. The zero-order valence-electron chi connectivity index (χ0n) is 14.7. The van der Waals surface area contributed by atoms with Crippen molar-refractivity contribution in [2.24, 2.45) is 5.92 Å². The van der Waals surface area contributed by atoms with Gasteiger partial charge in [-0.25, -0.2) is 13.4 Å². The van der Waals surface area contributed by atoms with E-state index in [-0.39, 0.29) is 22.6 Å². The predicted octanol–water partition coefficient (Wildman–Crippen LogP) is 2.14. The summed E-state index contributed by atoms with van der Waals surface area (Å²) in [5.74, 6) is -0.248. The molecule has 1 aromatic heterocycles. The highest BCUT2D eigenvalue weighted by Crippen LogP contribution is 2.22. The Balaban J connectivity index is 1.59. The van der Waals surface area contributed by atoms with Gasteiger partial charge >= 0.3 is 0 Å². The smallest absolute Gasteiger partial charge is 0.263 e. The summed E-state index contributed by atoms with van der Waals surface area (Å²) in [5.41, 5.74) is 0.530. The summed E-state index contributed by atoms with van der Waals surface area (Å²) in [5, 5.41) is 4.79. The second-order valence-electron chi connectivity index (χ2n) is 6.24. The molecule has 2 heterocycles. The number of piperidine rings is 1. The van der Waals surface area contributed by atoms with E-state index in [1.807, 2.05) is 0 Å². The number of anilines is 2. The summed E-state index contributed by atoms with van der Waals surface area (Å²) < 4.78 is 27.0. The summed E-state index contributed by atoms with van der Waals surface area (Å²) in [7, 11) is -3.72. The van der Waals surface area contributed by atoms with Gasteiger partial charge in [-0.3, -0.25) is 14.3 Å². The molecule has 2 amide bonds. The predicted molar refractivity (Wildman–Crippen MR) is 103 cm³/mol. The molecule has 1 saturated heterocycles. The van der Waals surface area contributed by atoms with Gasteiger partial charge in [0.2, 0.25) is 11.8 Å². The van der Waals surface area contributed by atoms with Crippen LogP contribution < -0.4 is 10.0 Å². The molecule has 1 aliphatic rings. The van der Waals surface area contributed by atoms with Gasteiger partial charge in [0.1, 0.15) is 0 Å². The van der Waals surface area contributed by atoms with Crippen LogP contribution in [-0.4, -0.2) is 43.2 Å². The molecular weight excluding hydrogens is 388 g/mol. The third kappa shape index (κ3) is 4.83. The van der Waals surface area contributed by atoms with Gasteiger partial charge in [0.15, 0.2) is 5.13 Å². The second-order valence-corrected chi connectivity index (χ2v) is 8.81. The van der Waals surface area contributed by atoms with E-state index in [0.717, 1.165) is 0 Å². The molecule has 27 heavy (non-hydrogen) atoms. The van der Waals surface area contributed by atoms with Crippen LogP contribution in [0.2, 0.25) is 0 Å². The van der Waals surface area contributed by atoms with Crippen LogP contribution in [-0.2, 0) is 19.6 Å². The first-order chi connectivity index (χ1) is 12.8. The van der Waals surface area contributed by atoms with Crippen LogP contribution in [0.25, 0.3) is 0 Å². The maximum Gasteiger partial charge on any atom is 0.263 e. The van der Waals surface area contributed by atoms with Crippen LogP contribution >= 0.6 is 11.3 Å². The van der Waals surface area contributed by atoms with E-state index in [0.29, 0.717) is 36.8 Å². The van der Waals surface area contributed by atoms with E-state index < -0.39 is 10.0 Å². The van der Waals surface area contributed by atoms with E-state index in [1.165, 1.54) is 36.6 Å². The lowest BCUT2D eigenvalue weighted by Crippen LogP contribution is -2.40. The van der Waals surface area contributed by atoms with Gasteiger partial charge in [0, 0.05) is 43.2 Å². The quantitative estimate of drug-likeness (QED) is 0.788. The third-order valence-corrected chi connectivity index (χ3v) is 6.57. The number of thiazole rings is 1. The Morgan fingerprint density at radius 1 is 1.19 bits per heavy atom. The van der Waals surface area contributed by atoms with Gasteiger partial charge in [0.05, 0.1) is 4.90 Å². The van der Waals surface area contributed by atoms with Crippen LogP contribution in [0, 0.1) is 5.92 Å². The van der Waals surface area contributed by atoms with Crippen molar-refractivity contribution in [1.29, 1.82) is 0 Å². The number of sulfonamides is 1. The Hall–Kier alpha value is -2.46. The van der Waals surface area contributed by atoms with Crippen molar-refractivity contribution in [2.45, 2.75) is 24.7 Å². The molecule has 0 aliphatic carbocycles. The lowest BCUT2D eigenvalue weighted by molar-refractivity contribution is -0.132. The van der Waals surface area contributed by atoms with Gasteiger partial charge in [-0.1, -0.05) is 0 Å². The first-order valence-corrected chi connectivity index (χ1v) is 10.8. The lowest BCUT2D eigenvalue weighted by atomic mass is 9.96. The molecule has 1 aromatic carbocycles. The minimum Gasteiger partial charge on any atom is -0.343 e. The molecule has 144 valence electrons. The normalized spacial score (nSPS) is 15.4. The van der Waals surface area contributed by atoms with Gasteiger partial charge in [-0.15, -0.1) is 11.3 Å². The summed E-state index contributed by atoms with van der Waals surface area (Å²) in [6.45, 7) is 2.68. The third-order valence-electron chi connectivity index (χ3n) is 4.40. The van der Waals surface area contributed by atoms with Crippen molar-refractivity contribution < 1.29 is 18.0 Å². The first-order valence-electron chi connectivity index (χ1n) is 8.44. The number of rotatable bonds is 5. The van der Waals surface area contributed by atoms with E-state index in [1.54, 1.807) is 22.4 Å². The molecule has 0 unspecified atom stereocenters. The van der Waals surface area contributed by atoms with Crippen LogP contribution in [0.4, 0.5) is 10.8 Å². The van der Waals surface area contributed by atoms with Crippen LogP contribution in [0.1, 0.15) is 19.8 Å². The second kappa shape index (κ2) is 8.05. The number of hydrogen-bond donors (Lipinski definition) is 2. The largest absolute Gasteiger partial charge is 0.343 e. The number of amides is 2. The van der Waals surface area contributed by atoms with Crippen LogP contribution in [0.15, 0.2) is 40.7 Å². The Morgan fingerprint density at radius 2 is 1.85 bits per heavy atom. The topological polar surface area (TPSA) is 108 Å². The molecule has 2 aromatic rings. The molecule has 1 fully saturated rings. The average Bonchev–Trinajstić information content (AvgIpc) is 3.14. The molecule has 0 atom stereocenters. The SMILES string of the molecule is CC(=O)N1CCC(C(=O)Nc2ccc(S(=O)(=O)Nc3nccs3)cc2)CC1. The number of likely N-dealkylation sites (tertiary alicyclic amines) is 1. The summed E-state index contributed by atoms with van der Waals surface area (Å²) in [4.78, 5) is 29.5. The minimum absolute atomic E-state index is 0.0250. The average molecular weight is 409 g/mol. The molecule has 8 nitrogen and oxygen atoms in total. The number of hydrogen-bond acceptors (Lipinski definition) is 6. The molecular formula is C17H20N4O4S2. The molecule has 0 saturated carbocycles. The molecule has 3 rings (SSSR count). The Morgan fingerprint density at radius 3 is 2.41 bits per heavy atom. The molecule has 2 N–H and O–H groups in total. The number of nitrogens with one attached hydrogen (secondary N) is 2. The summed E-state index contributed by atoms with van der Waals surface area (Å²) >= 11 is 1.19. The first kappa shape index (κ1) is 19.3. The lowest BCUT2D eigenvalue weighted by Gasteiger charge is -2.30. The fourth-order valence-corrected chi connectivity index (χ4v) is 4.65. The molecule has 0 spiro atoms. The highest BCUT2D eigenvalue weighted by Gasteiger charge is 2.26. The van der Waals surface area contributed by atoms with Gasteiger partial charge in [-0.2, -0.15) is 0 Å². The number of carbonyl (C=O) groups is 2. The van der Waals surface area contributed by atoms with E-state index >= 15 is 0 Å². The Kier molecular flexibility index (Phi) is 5.76. The highest BCUT2D eigenvalue weighted by atomic mass is 32.2. The maximum absolute atomic E-state index is 12.4. The monoisotopic (exact) mass is 408 g/mol. The standard InChI is InChI=1S/C17H20N4O4S2/c1-12(22)21-9-6-13(7-10-21)16(23)19-14-2-4-15(5-3-14)27(24,25)20-17-18-8-11-26-17/h2-5,8,11,13H,6-7,9-10H2,1H3,(H,18,20)(H,19,23). The summed E-state index contributed by atoms with van der Waals surface area (Å²) in [6, 6.07) is 5.98. The van der Waals surface area contributed by atoms with Crippen molar-refractivity contribution in [2.75, 3.05) is 23.1 Å². The van der Waals surface area contributed by atoms with Crippen molar-refractivity contribution in [3.8, 4) is 0 Å². The minimum atomic E-state index is -3.72. The Labute approximate surface area is 161 Å². The van der Waals surface area contributed by atoms with Crippen LogP contribution in [0.5, 0.6) is 0 Å². The fourth-order valence-electron chi connectivity index (χ4n) is 2.87. The summed E-state index contributed by atoms with van der Waals surface area (Å²) in [6.07, 6.45) is 2.76. The number of benzene rings is 1. The van der Waals surface area contributed by atoms with Gasteiger partial charge in [-0.05, 0) is 37.1 Å². The number of aromatic nitrogens is 1. The molecule has 0 radical (unpaired) electrons. The molecule has 1 aliphatic heterocycles. The fraction of sp³-hybridized carbons (Fsp3) is 0.353. The zero-order valence-corrected chi connectivity index (χ0v) is 16.3. The van der Waals surface area contributed by atoms with Crippen molar-refractivity contribution in [3.63, 3.8) is 0 Å². The van der Waals surface area contributed by atoms with E-state index in [2.05, 4.69) is 15.0 Å². The number of carbonyl (C=O) groups excluding carboxylic acids is 2. The molecule has 10 heteroatoms. The van der Waals surface area contributed by atoms with Crippen molar-refractivity contribution >= 4 is 44.0 Å². The van der Waals surface area contributed by atoms with Gasteiger partial charge < -0.3 is 10.2 Å². The van der Waals surface area contributed by atoms with E-state index in [9.17, 15) is 18.0 Å².